The first-order valence-corrected chi connectivity index (χ1v) is 7.76. The van der Waals surface area contributed by atoms with E-state index in [2.05, 4.69) is 4.74 Å². The number of carbonyl (C=O) groups excluding carboxylic acids is 2. The molecule has 0 amide bonds. The Morgan fingerprint density at radius 3 is 2.35 bits per heavy atom. The van der Waals surface area contributed by atoms with E-state index in [0.29, 0.717) is 6.42 Å². The second-order valence-electron chi connectivity index (χ2n) is 4.28. The average molecular weight is 311 g/mol. The molecule has 0 aliphatic carbocycles. The van der Waals surface area contributed by atoms with Crippen molar-refractivity contribution in [3.8, 4) is 0 Å². The number of nitrogens with two attached hydrogens (primary N) is 1. The average Bonchev–Trinajstić information content (AvgIpc) is 2.29. The fourth-order valence-corrected chi connectivity index (χ4v) is 1.96. The van der Waals surface area contributed by atoms with Gasteiger partial charge in [0.15, 0.2) is 5.25 Å². The quantitative estimate of drug-likeness (QED) is 0.267. The van der Waals surface area contributed by atoms with E-state index in [1.165, 1.54) is 6.92 Å². The summed E-state index contributed by atoms with van der Waals surface area (Å²) in [6.45, 7) is 3.41. The van der Waals surface area contributed by atoms with Gasteiger partial charge in [0.2, 0.25) is 0 Å². The molecule has 0 rings (SSSR count). The third-order valence-corrected chi connectivity index (χ3v) is 3.37. The summed E-state index contributed by atoms with van der Waals surface area (Å²) < 4.78 is 40.3. The van der Waals surface area contributed by atoms with Crippen LogP contribution in [0, 0.1) is 0 Å². The Morgan fingerprint density at radius 1 is 1.30 bits per heavy atom. The van der Waals surface area contributed by atoms with Gasteiger partial charge in [-0.2, -0.15) is 8.42 Å². The van der Waals surface area contributed by atoms with Crippen molar-refractivity contribution in [2.24, 2.45) is 5.73 Å². The molecule has 0 bridgehead atoms. The van der Waals surface area contributed by atoms with Crippen LogP contribution in [0.25, 0.3) is 0 Å². The number of esters is 2. The number of hydrogen-bond acceptors (Lipinski definition) is 7. The van der Waals surface area contributed by atoms with Crippen LogP contribution in [0.3, 0.4) is 0 Å². The standard InChI is InChI=1S/C11H21NO7S/c1-3-4-5-6-18-10(13)7-9(20(15,16)17)11(14)19-8(2)12/h8-9H,3-7,12H2,1-2H3,(H,15,16,17). The lowest BCUT2D eigenvalue weighted by Gasteiger charge is -2.14. The van der Waals surface area contributed by atoms with Gasteiger partial charge in [0, 0.05) is 0 Å². The smallest absolute Gasteiger partial charge is 0.329 e. The first kappa shape index (κ1) is 18.8. The molecule has 118 valence electrons. The minimum atomic E-state index is -4.77. The molecule has 0 aromatic heterocycles. The molecule has 0 aliphatic rings. The molecule has 9 heteroatoms. The molecule has 0 saturated heterocycles. The summed E-state index contributed by atoms with van der Waals surface area (Å²) >= 11 is 0. The SMILES string of the molecule is CCCCCOC(=O)CC(C(=O)OC(C)N)S(=O)(=O)O. The molecule has 2 unspecified atom stereocenters. The summed E-state index contributed by atoms with van der Waals surface area (Å²) in [5, 5.41) is -2.02. The van der Waals surface area contributed by atoms with Crippen LogP contribution in [0.15, 0.2) is 0 Å². The monoisotopic (exact) mass is 311 g/mol. The Kier molecular flexibility index (Phi) is 8.35. The van der Waals surface area contributed by atoms with Crippen LogP contribution in [-0.4, -0.2) is 43.0 Å². The highest BCUT2D eigenvalue weighted by Gasteiger charge is 2.36. The van der Waals surface area contributed by atoms with Gasteiger partial charge in [0.05, 0.1) is 13.0 Å². The van der Waals surface area contributed by atoms with Crippen LogP contribution in [0.5, 0.6) is 0 Å². The third kappa shape index (κ3) is 8.08. The normalized spacial score (nSPS) is 14.4. The Morgan fingerprint density at radius 2 is 1.90 bits per heavy atom. The summed E-state index contributed by atoms with van der Waals surface area (Å²) in [5.74, 6) is -2.18. The number of ether oxygens (including phenoxy) is 2. The van der Waals surface area contributed by atoms with E-state index in [9.17, 15) is 18.0 Å². The van der Waals surface area contributed by atoms with Gasteiger partial charge < -0.3 is 9.47 Å². The van der Waals surface area contributed by atoms with Gasteiger partial charge in [-0.25, -0.2) is 0 Å². The van der Waals surface area contributed by atoms with Crippen LogP contribution in [0.2, 0.25) is 0 Å². The third-order valence-electron chi connectivity index (χ3n) is 2.29. The second-order valence-corrected chi connectivity index (χ2v) is 5.88. The maximum absolute atomic E-state index is 11.5. The zero-order chi connectivity index (χ0) is 15.8. The van der Waals surface area contributed by atoms with Crippen molar-refractivity contribution in [1.82, 2.24) is 0 Å². The summed E-state index contributed by atoms with van der Waals surface area (Å²) in [5.41, 5.74) is 5.18. The van der Waals surface area contributed by atoms with Crippen molar-refractivity contribution >= 4 is 22.1 Å². The van der Waals surface area contributed by atoms with E-state index in [4.69, 9.17) is 15.0 Å². The van der Waals surface area contributed by atoms with E-state index in [1.54, 1.807) is 0 Å². The van der Waals surface area contributed by atoms with Crippen molar-refractivity contribution in [2.75, 3.05) is 6.61 Å². The fraction of sp³-hybridized carbons (Fsp3) is 0.818. The van der Waals surface area contributed by atoms with Crippen LogP contribution >= 0.6 is 0 Å². The van der Waals surface area contributed by atoms with Crippen molar-refractivity contribution in [2.45, 2.75) is 51.0 Å². The minimum absolute atomic E-state index is 0.132. The minimum Gasteiger partial charge on any atom is -0.466 e. The zero-order valence-electron chi connectivity index (χ0n) is 11.6. The fourth-order valence-electron chi connectivity index (χ4n) is 1.32. The van der Waals surface area contributed by atoms with E-state index < -0.39 is 40.0 Å². The summed E-state index contributed by atoms with van der Waals surface area (Å²) in [6, 6.07) is 0. The number of unbranched alkanes of at least 4 members (excludes halogenated alkanes) is 2. The first-order valence-electron chi connectivity index (χ1n) is 6.26. The Labute approximate surface area is 118 Å². The van der Waals surface area contributed by atoms with E-state index in [1.807, 2.05) is 6.92 Å². The summed E-state index contributed by atoms with van der Waals surface area (Å²) in [4.78, 5) is 22.9. The van der Waals surface area contributed by atoms with Gasteiger partial charge in [-0.3, -0.25) is 19.9 Å². The molecule has 0 spiro atoms. The van der Waals surface area contributed by atoms with Gasteiger partial charge in [0.25, 0.3) is 10.1 Å². The van der Waals surface area contributed by atoms with Gasteiger partial charge in [0.1, 0.15) is 6.23 Å². The molecule has 8 nitrogen and oxygen atoms in total. The lowest BCUT2D eigenvalue weighted by atomic mass is 10.2. The lowest BCUT2D eigenvalue weighted by Crippen LogP contribution is -2.37. The van der Waals surface area contributed by atoms with E-state index in [-0.39, 0.29) is 6.61 Å². The molecular formula is C11H21NO7S. The van der Waals surface area contributed by atoms with Gasteiger partial charge in [-0.15, -0.1) is 0 Å². The van der Waals surface area contributed by atoms with Gasteiger partial charge in [-0.05, 0) is 13.3 Å². The Hall–Kier alpha value is -1.19. The molecule has 0 saturated carbocycles. The first-order chi connectivity index (χ1) is 9.18. The van der Waals surface area contributed by atoms with Crippen LogP contribution in [-0.2, 0) is 29.2 Å². The highest BCUT2D eigenvalue weighted by Crippen LogP contribution is 2.09. The number of rotatable bonds is 9. The molecule has 0 heterocycles. The molecule has 0 fully saturated rings. The maximum Gasteiger partial charge on any atom is 0.329 e. The van der Waals surface area contributed by atoms with Crippen LogP contribution < -0.4 is 5.73 Å². The highest BCUT2D eigenvalue weighted by atomic mass is 32.2. The Bertz CT molecular complexity index is 418. The van der Waals surface area contributed by atoms with Gasteiger partial charge >= 0.3 is 11.9 Å². The lowest BCUT2D eigenvalue weighted by molar-refractivity contribution is -0.152. The number of carbonyl (C=O) groups is 2. The zero-order valence-corrected chi connectivity index (χ0v) is 12.4. The van der Waals surface area contributed by atoms with Crippen molar-refractivity contribution in [1.29, 1.82) is 0 Å². The second kappa shape index (κ2) is 8.88. The highest BCUT2D eigenvalue weighted by molar-refractivity contribution is 7.87. The van der Waals surface area contributed by atoms with Crippen molar-refractivity contribution < 1.29 is 32.0 Å². The molecule has 0 aliphatic heterocycles. The van der Waals surface area contributed by atoms with Gasteiger partial charge in [-0.1, -0.05) is 19.8 Å². The largest absolute Gasteiger partial charge is 0.466 e. The van der Waals surface area contributed by atoms with E-state index in [0.717, 1.165) is 12.8 Å². The molecule has 0 radical (unpaired) electrons. The number of hydrogen-bond donors (Lipinski definition) is 2. The maximum atomic E-state index is 11.5. The van der Waals surface area contributed by atoms with Crippen LogP contribution in [0.1, 0.15) is 39.5 Å². The predicted octanol–water partition coefficient (Wildman–Crippen LogP) is 0.214. The van der Waals surface area contributed by atoms with Crippen LogP contribution in [0.4, 0.5) is 0 Å². The molecule has 20 heavy (non-hydrogen) atoms. The van der Waals surface area contributed by atoms with Crippen molar-refractivity contribution in [3.05, 3.63) is 0 Å². The summed E-state index contributed by atoms with van der Waals surface area (Å²) in [7, 11) is -4.77. The topological polar surface area (TPSA) is 133 Å². The summed E-state index contributed by atoms with van der Waals surface area (Å²) in [6.07, 6.45) is 0.583. The predicted molar refractivity (Wildman–Crippen MR) is 70.2 cm³/mol. The molecule has 0 aromatic carbocycles. The molecular weight excluding hydrogens is 290 g/mol. The van der Waals surface area contributed by atoms with E-state index >= 15 is 0 Å². The van der Waals surface area contributed by atoms with Crippen molar-refractivity contribution in [3.63, 3.8) is 0 Å². The molecule has 0 aromatic rings. The molecule has 2 atom stereocenters. The Balaban J connectivity index is 4.52. The molecule has 3 N–H and O–H groups in total.